The Bertz CT molecular complexity index is 601. The topological polar surface area (TPSA) is 71.1 Å². The average Bonchev–Trinajstić information content (AvgIpc) is 2.92. The van der Waals surface area contributed by atoms with Crippen LogP contribution in [0.15, 0.2) is 35.8 Å². The molecule has 0 aliphatic heterocycles. The largest absolute Gasteiger partial charge is 0.325 e. The van der Waals surface area contributed by atoms with Gasteiger partial charge >= 0.3 is 0 Å². The molecule has 7 heteroatoms. The number of carbonyl (C=O) groups excluding carboxylic acids is 2. The zero-order valence-electron chi connectivity index (χ0n) is 10.4. The number of halogens is 1. The molecule has 1 heterocycles. The lowest BCUT2D eigenvalue weighted by Crippen LogP contribution is -2.18. The van der Waals surface area contributed by atoms with Gasteiger partial charge < -0.3 is 5.32 Å². The Morgan fingerprint density at radius 1 is 1.25 bits per heavy atom. The van der Waals surface area contributed by atoms with E-state index in [0.29, 0.717) is 16.4 Å². The van der Waals surface area contributed by atoms with E-state index < -0.39 is 0 Å². The maximum absolute atomic E-state index is 12.2. The maximum atomic E-state index is 12.2. The van der Waals surface area contributed by atoms with Gasteiger partial charge in [0.25, 0.3) is 5.91 Å². The van der Waals surface area contributed by atoms with Crippen molar-refractivity contribution in [3.63, 3.8) is 0 Å². The van der Waals surface area contributed by atoms with E-state index in [1.54, 1.807) is 35.8 Å². The Morgan fingerprint density at radius 2 is 2.05 bits per heavy atom. The van der Waals surface area contributed by atoms with Crippen LogP contribution in [0.2, 0.25) is 0 Å². The number of anilines is 2. The smallest absolute Gasteiger partial charge is 0.259 e. The number of alkyl halides is 1. The first-order valence-electron chi connectivity index (χ1n) is 5.86. The zero-order chi connectivity index (χ0) is 14.4. The average molecular weight is 310 g/mol. The van der Waals surface area contributed by atoms with E-state index in [1.807, 2.05) is 0 Å². The summed E-state index contributed by atoms with van der Waals surface area (Å²) in [6, 6.07) is 6.78. The van der Waals surface area contributed by atoms with E-state index in [9.17, 15) is 9.59 Å². The summed E-state index contributed by atoms with van der Waals surface area (Å²) in [6.45, 7) is 0. The van der Waals surface area contributed by atoms with Gasteiger partial charge in [-0.15, -0.1) is 22.9 Å². The summed E-state index contributed by atoms with van der Waals surface area (Å²) < 4.78 is 0. The van der Waals surface area contributed by atoms with Crippen molar-refractivity contribution in [1.29, 1.82) is 0 Å². The van der Waals surface area contributed by atoms with Crippen LogP contribution in [0.4, 0.5) is 10.8 Å². The fraction of sp³-hybridized carbons (Fsp3) is 0.154. The Hall–Kier alpha value is -1.92. The maximum Gasteiger partial charge on any atom is 0.259 e. The van der Waals surface area contributed by atoms with Crippen molar-refractivity contribution in [3.05, 3.63) is 41.4 Å². The molecule has 0 saturated carbocycles. The van der Waals surface area contributed by atoms with Crippen LogP contribution in [0.1, 0.15) is 16.8 Å². The number of thiazole rings is 1. The van der Waals surface area contributed by atoms with Crippen molar-refractivity contribution >= 4 is 45.6 Å². The highest BCUT2D eigenvalue weighted by Crippen LogP contribution is 2.18. The minimum atomic E-state index is -0.318. The van der Waals surface area contributed by atoms with E-state index in [4.69, 9.17) is 11.6 Å². The molecule has 2 amide bonds. The highest BCUT2D eigenvalue weighted by molar-refractivity contribution is 7.13. The number of hydrogen-bond donors (Lipinski definition) is 2. The summed E-state index contributed by atoms with van der Waals surface area (Å²) in [4.78, 5) is 27.7. The van der Waals surface area contributed by atoms with E-state index in [2.05, 4.69) is 15.6 Å². The summed E-state index contributed by atoms with van der Waals surface area (Å²) in [5.74, 6) is -0.310. The van der Waals surface area contributed by atoms with Gasteiger partial charge in [-0.25, -0.2) is 4.98 Å². The fourth-order valence-electron chi connectivity index (χ4n) is 1.54. The van der Waals surface area contributed by atoms with Gasteiger partial charge in [0.2, 0.25) is 5.91 Å². The van der Waals surface area contributed by atoms with Crippen LogP contribution in [-0.4, -0.2) is 22.7 Å². The molecule has 0 saturated heterocycles. The second-order valence-corrected chi connectivity index (χ2v) is 5.10. The lowest BCUT2D eigenvalue weighted by Gasteiger charge is -2.09. The van der Waals surface area contributed by atoms with Gasteiger partial charge in [0, 0.05) is 23.9 Å². The van der Waals surface area contributed by atoms with Crippen molar-refractivity contribution in [3.8, 4) is 0 Å². The molecule has 2 aromatic rings. The molecule has 1 aromatic heterocycles. The molecule has 0 atom stereocenters. The summed E-state index contributed by atoms with van der Waals surface area (Å²) in [6.07, 6.45) is 1.80. The first-order chi connectivity index (χ1) is 9.70. The minimum absolute atomic E-state index is 0.198. The summed E-state index contributed by atoms with van der Waals surface area (Å²) in [5.41, 5.74) is 0.835. The molecule has 0 radical (unpaired) electrons. The van der Waals surface area contributed by atoms with Gasteiger partial charge in [-0.2, -0.15) is 0 Å². The number of rotatable bonds is 5. The van der Waals surface area contributed by atoms with Crippen molar-refractivity contribution in [2.24, 2.45) is 0 Å². The molecule has 0 unspecified atom stereocenters. The van der Waals surface area contributed by atoms with Crippen LogP contribution in [0.3, 0.4) is 0 Å². The molecule has 5 nitrogen and oxygen atoms in total. The van der Waals surface area contributed by atoms with Crippen molar-refractivity contribution in [2.75, 3.05) is 16.5 Å². The van der Waals surface area contributed by atoms with Crippen LogP contribution in [0.5, 0.6) is 0 Å². The van der Waals surface area contributed by atoms with E-state index in [0.717, 1.165) is 0 Å². The highest BCUT2D eigenvalue weighted by Gasteiger charge is 2.13. The van der Waals surface area contributed by atoms with E-state index in [1.165, 1.54) is 11.3 Å². The number of amides is 2. The molecule has 0 aliphatic carbocycles. The number of carbonyl (C=O) groups is 2. The lowest BCUT2D eigenvalue weighted by atomic mass is 10.1. The zero-order valence-corrected chi connectivity index (χ0v) is 12.0. The molecule has 2 rings (SSSR count). The van der Waals surface area contributed by atoms with Gasteiger partial charge in [0.15, 0.2) is 5.13 Å². The number of benzene rings is 1. The quantitative estimate of drug-likeness (QED) is 0.834. The molecule has 0 spiro atoms. The second kappa shape index (κ2) is 7.02. The van der Waals surface area contributed by atoms with Crippen LogP contribution < -0.4 is 10.6 Å². The highest BCUT2D eigenvalue weighted by atomic mass is 35.5. The number of aromatic nitrogens is 1. The van der Waals surface area contributed by atoms with Crippen LogP contribution >= 0.6 is 22.9 Å². The first-order valence-corrected chi connectivity index (χ1v) is 7.28. The Balaban J connectivity index is 2.14. The predicted molar refractivity (Wildman–Crippen MR) is 80.5 cm³/mol. The number of nitrogens with one attached hydrogen (secondary N) is 2. The predicted octanol–water partition coefficient (Wildman–Crippen LogP) is 2.96. The molecule has 1 aromatic carbocycles. The molecule has 104 valence electrons. The molecular weight excluding hydrogens is 298 g/mol. The normalized spacial score (nSPS) is 10.1. The summed E-state index contributed by atoms with van der Waals surface area (Å²) >= 11 is 6.84. The standard InChI is InChI=1S/C13H12ClN3O2S/c14-6-5-11(18)16-10-4-2-1-3-9(10)12(19)17-13-15-7-8-20-13/h1-4,7-8H,5-6H2,(H,16,18)(H,15,17,19). The molecule has 0 aliphatic rings. The monoisotopic (exact) mass is 309 g/mol. The van der Waals surface area contributed by atoms with Gasteiger partial charge in [0.1, 0.15) is 0 Å². The Morgan fingerprint density at radius 3 is 2.75 bits per heavy atom. The molecule has 2 N–H and O–H groups in total. The van der Waals surface area contributed by atoms with Gasteiger partial charge in [-0.05, 0) is 12.1 Å². The van der Waals surface area contributed by atoms with Gasteiger partial charge in [0.05, 0.1) is 11.3 Å². The van der Waals surface area contributed by atoms with Gasteiger partial charge in [-0.1, -0.05) is 12.1 Å². The van der Waals surface area contributed by atoms with Gasteiger partial charge in [-0.3, -0.25) is 14.9 Å². The fourth-order valence-corrected chi connectivity index (χ4v) is 2.23. The molecule has 0 fully saturated rings. The Kier molecular flexibility index (Phi) is 5.09. The third-order valence-corrected chi connectivity index (χ3v) is 3.30. The SMILES string of the molecule is O=C(CCCl)Nc1ccccc1C(=O)Nc1nccs1. The van der Waals surface area contributed by atoms with Crippen LogP contribution in [0.25, 0.3) is 0 Å². The Labute approximate surface area is 125 Å². The van der Waals surface area contributed by atoms with Crippen molar-refractivity contribution < 1.29 is 9.59 Å². The number of hydrogen-bond acceptors (Lipinski definition) is 4. The lowest BCUT2D eigenvalue weighted by molar-refractivity contribution is -0.115. The minimum Gasteiger partial charge on any atom is -0.325 e. The third-order valence-electron chi connectivity index (χ3n) is 2.42. The number of para-hydroxylation sites is 1. The van der Waals surface area contributed by atoms with Crippen molar-refractivity contribution in [2.45, 2.75) is 6.42 Å². The van der Waals surface area contributed by atoms with Crippen LogP contribution in [-0.2, 0) is 4.79 Å². The van der Waals surface area contributed by atoms with E-state index >= 15 is 0 Å². The number of nitrogens with zero attached hydrogens (tertiary/aromatic N) is 1. The molecular formula is C13H12ClN3O2S. The summed E-state index contributed by atoms with van der Waals surface area (Å²) in [5, 5.41) is 7.62. The third kappa shape index (κ3) is 3.79. The summed E-state index contributed by atoms with van der Waals surface area (Å²) in [7, 11) is 0. The van der Waals surface area contributed by atoms with Crippen molar-refractivity contribution in [1.82, 2.24) is 4.98 Å². The van der Waals surface area contributed by atoms with Crippen LogP contribution in [0, 0.1) is 0 Å². The first kappa shape index (κ1) is 14.5. The molecule has 20 heavy (non-hydrogen) atoms. The molecule has 0 bridgehead atoms. The second-order valence-electron chi connectivity index (χ2n) is 3.82. The van der Waals surface area contributed by atoms with E-state index in [-0.39, 0.29) is 24.1 Å².